The smallest absolute Gasteiger partial charge is 0.351 e. The first-order valence-corrected chi connectivity index (χ1v) is 4.67. The van der Waals surface area contributed by atoms with Gasteiger partial charge in [-0.25, -0.2) is 4.79 Å². The van der Waals surface area contributed by atoms with Gasteiger partial charge in [0, 0.05) is 5.57 Å². The second-order valence-electron chi connectivity index (χ2n) is 3.15. The van der Waals surface area contributed by atoms with Crippen LogP contribution in [-0.4, -0.2) is 39.4 Å². The summed E-state index contributed by atoms with van der Waals surface area (Å²) in [7, 11) is 5.36. The van der Waals surface area contributed by atoms with Gasteiger partial charge in [-0.2, -0.15) is 0 Å². The number of likely N-dealkylation sites (N-methyl/N-ethyl adjacent to an activating group) is 3. The van der Waals surface area contributed by atoms with Gasteiger partial charge in [0.05, 0.1) is 6.54 Å². The zero-order chi connectivity index (χ0) is 11.9. The van der Waals surface area contributed by atoms with E-state index in [1.165, 1.54) is 0 Å². The van der Waals surface area contributed by atoms with Crippen molar-refractivity contribution in [2.75, 3.05) is 27.7 Å². The second kappa shape index (κ2) is 6.52. The van der Waals surface area contributed by atoms with Crippen molar-refractivity contribution in [3.8, 4) is 0 Å². The summed E-state index contributed by atoms with van der Waals surface area (Å²) in [4.78, 5) is 15.8. The molecule has 0 saturated carbocycles. The van der Waals surface area contributed by atoms with E-state index in [9.17, 15) is 4.79 Å². The first kappa shape index (κ1) is 14.1. The Hall–Kier alpha value is -0.950. The zero-order valence-corrected chi connectivity index (χ0v) is 9.73. The van der Waals surface area contributed by atoms with Gasteiger partial charge in [-0.15, -0.1) is 5.48 Å². The largest absolute Gasteiger partial charge is 0.367 e. The Labute approximate surface area is 90.4 Å². The van der Waals surface area contributed by atoms with E-state index in [0.29, 0.717) is 12.1 Å². The first-order chi connectivity index (χ1) is 7.01. The molecule has 6 heteroatoms. The predicted octanol–water partition coefficient (Wildman–Crippen LogP) is -1.08. The van der Waals surface area contributed by atoms with E-state index < -0.39 is 11.8 Å². The monoisotopic (exact) mass is 216 g/mol. The average Bonchev–Trinajstić information content (AvgIpc) is 2.24. The molecule has 6 nitrogen and oxygen atoms in total. The van der Waals surface area contributed by atoms with E-state index in [-0.39, 0.29) is 0 Å². The van der Waals surface area contributed by atoms with Crippen LogP contribution in [0.15, 0.2) is 12.2 Å². The lowest BCUT2D eigenvalue weighted by Crippen LogP contribution is -2.68. The van der Waals surface area contributed by atoms with Gasteiger partial charge in [0.15, 0.2) is 0 Å². The van der Waals surface area contributed by atoms with Gasteiger partial charge in [-0.1, -0.05) is 6.58 Å². The molecule has 0 aliphatic rings. The summed E-state index contributed by atoms with van der Waals surface area (Å²) in [5.74, 6) is -0.984. The molecule has 0 unspecified atom stereocenters. The Morgan fingerprint density at radius 3 is 2.07 bits per heavy atom. The fraction of sp³-hybridized carbons (Fsp3) is 0.667. The molecule has 0 saturated heterocycles. The van der Waals surface area contributed by atoms with E-state index in [2.05, 4.69) is 28.0 Å². The van der Waals surface area contributed by atoms with Crippen LogP contribution in [0.25, 0.3) is 0 Å². The maximum atomic E-state index is 11.0. The van der Waals surface area contributed by atoms with Gasteiger partial charge < -0.3 is 4.84 Å². The highest BCUT2D eigenvalue weighted by molar-refractivity contribution is 5.86. The third-order valence-corrected chi connectivity index (χ3v) is 2.13. The quantitative estimate of drug-likeness (QED) is 0.246. The molecule has 0 rings (SSSR count). The molecular formula is C9H20N4O2. The fourth-order valence-corrected chi connectivity index (χ4v) is 0.937. The molecule has 15 heavy (non-hydrogen) atoms. The van der Waals surface area contributed by atoms with E-state index in [1.54, 1.807) is 28.1 Å². The summed E-state index contributed by atoms with van der Waals surface area (Å²) < 4.78 is 0. The lowest BCUT2D eigenvalue weighted by atomic mass is 10.3. The van der Waals surface area contributed by atoms with Gasteiger partial charge in [-0.05, 0) is 28.1 Å². The van der Waals surface area contributed by atoms with Crippen LogP contribution in [0.1, 0.15) is 6.92 Å². The van der Waals surface area contributed by atoms with Crippen LogP contribution < -0.4 is 21.4 Å². The molecule has 0 aromatic carbocycles. The lowest BCUT2D eigenvalue weighted by Gasteiger charge is -2.32. The van der Waals surface area contributed by atoms with Crippen molar-refractivity contribution < 1.29 is 9.63 Å². The third-order valence-electron chi connectivity index (χ3n) is 2.13. The summed E-state index contributed by atoms with van der Waals surface area (Å²) in [5.41, 5.74) is 2.92. The number of carbonyl (C=O) groups is 1. The standard InChI is InChI=1S/C9H20N4O2/c1-7(2)8(14)15-13-6-9(10-3,11-4)12-5/h10-13H,1,6H2,2-5H3. The topological polar surface area (TPSA) is 74.4 Å². The van der Waals surface area contributed by atoms with E-state index in [0.717, 1.165) is 0 Å². The van der Waals surface area contributed by atoms with Gasteiger partial charge in [0.2, 0.25) is 0 Å². The molecule has 0 radical (unpaired) electrons. The Kier molecular flexibility index (Phi) is 6.11. The van der Waals surface area contributed by atoms with Crippen LogP contribution in [0.2, 0.25) is 0 Å². The Morgan fingerprint density at radius 2 is 1.73 bits per heavy atom. The summed E-state index contributed by atoms with van der Waals surface area (Å²) in [5, 5.41) is 9.06. The molecule has 0 bridgehead atoms. The van der Waals surface area contributed by atoms with Crippen molar-refractivity contribution in [2.24, 2.45) is 0 Å². The van der Waals surface area contributed by atoms with Crippen LogP contribution in [0.4, 0.5) is 0 Å². The van der Waals surface area contributed by atoms with E-state index in [1.807, 2.05) is 0 Å². The van der Waals surface area contributed by atoms with E-state index >= 15 is 0 Å². The molecule has 0 aliphatic carbocycles. The molecule has 0 spiro atoms. The molecule has 0 aromatic rings. The molecule has 0 atom stereocenters. The van der Waals surface area contributed by atoms with Gasteiger partial charge >= 0.3 is 5.97 Å². The van der Waals surface area contributed by atoms with Crippen LogP contribution >= 0.6 is 0 Å². The Bertz CT molecular complexity index is 218. The zero-order valence-electron chi connectivity index (χ0n) is 9.73. The van der Waals surface area contributed by atoms with Crippen molar-refractivity contribution in [3.05, 3.63) is 12.2 Å². The molecule has 0 amide bonds. The van der Waals surface area contributed by atoms with Crippen molar-refractivity contribution in [1.82, 2.24) is 21.4 Å². The number of hydroxylamine groups is 1. The second-order valence-corrected chi connectivity index (χ2v) is 3.15. The molecule has 4 N–H and O–H groups in total. The minimum atomic E-state index is -0.518. The van der Waals surface area contributed by atoms with Gasteiger partial charge in [-0.3, -0.25) is 16.0 Å². The third kappa shape index (κ3) is 4.39. The summed E-state index contributed by atoms with van der Waals surface area (Å²) >= 11 is 0. The number of nitrogens with one attached hydrogen (secondary N) is 4. The maximum absolute atomic E-state index is 11.0. The van der Waals surface area contributed by atoms with Gasteiger partial charge in [0.25, 0.3) is 0 Å². The van der Waals surface area contributed by atoms with Crippen molar-refractivity contribution >= 4 is 5.97 Å². The van der Waals surface area contributed by atoms with Crippen LogP contribution in [-0.2, 0) is 9.63 Å². The highest BCUT2D eigenvalue weighted by atomic mass is 16.7. The van der Waals surface area contributed by atoms with E-state index in [4.69, 9.17) is 4.84 Å². The van der Waals surface area contributed by atoms with Gasteiger partial charge in [0.1, 0.15) is 5.79 Å². The predicted molar refractivity (Wildman–Crippen MR) is 58.8 cm³/mol. The highest BCUT2D eigenvalue weighted by Crippen LogP contribution is 1.92. The first-order valence-electron chi connectivity index (χ1n) is 4.67. The molecule has 0 aromatic heterocycles. The SMILES string of the molecule is C=C(C)C(=O)ONCC(NC)(NC)NC. The fourth-order valence-electron chi connectivity index (χ4n) is 0.937. The number of carbonyl (C=O) groups excluding carboxylic acids is 1. The molecule has 0 fully saturated rings. The highest BCUT2D eigenvalue weighted by Gasteiger charge is 2.23. The minimum Gasteiger partial charge on any atom is -0.367 e. The lowest BCUT2D eigenvalue weighted by molar-refractivity contribution is -0.147. The van der Waals surface area contributed by atoms with Crippen molar-refractivity contribution in [3.63, 3.8) is 0 Å². The van der Waals surface area contributed by atoms with Crippen LogP contribution in [0, 0.1) is 0 Å². The van der Waals surface area contributed by atoms with Crippen LogP contribution in [0.3, 0.4) is 0 Å². The van der Waals surface area contributed by atoms with Crippen molar-refractivity contribution in [2.45, 2.75) is 12.7 Å². The molecule has 88 valence electrons. The summed E-state index contributed by atoms with van der Waals surface area (Å²) in [6.45, 7) is 5.43. The summed E-state index contributed by atoms with van der Waals surface area (Å²) in [6, 6.07) is 0. The number of rotatable bonds is 7. The molecule has 0 heterocycles. The minimum absolute atomic E-state index is 0.353. The normalized spacial score (nSPS) is 11.2. The molecular weight excluding hydrogens is 196 g/mol. The summed E-state index contributed by atoms with van der Waals surface area (Å²) in [6.07, 6.45) is 0. The Balaban J connectivity index is 4.02. The number of hydrogen-bond acceptors (Lipinski definition) is 6. The van der Waals surface area contributed by atoms with Crippen molar-refractivity contribution in [1.29, 1.82) is 0 Å². The average molecular weight is 216 g/mol. The van der Waals surface area contributed by atoms with Crippen LogP contribution in [0.5, 0.6) is 0 Å². The number of hydrogen-bond donors (Lipinski definition) is 4. The maximum Gasteiger partial charge on any atom is 0.351 e. The molecule has 0 aliphatic heterocycles. The Morgan fingerprint density at radius 1 is 1.27 bits per heavy atom.